The second kappa shape index (κ2) is 4.73. The quantitative estimate of drug-likeness (QED) is 0.762. The fourth-order valence-corrected chi connectivity index (χ4v) is 2.15. The van der Waals surface area contributed by atoms with E-state index in [1.54, 1.807) is 16.9 Å². The molecule has 6 heteroatoms. The van der Waals surface area contributed by atoms with Gasteiger partial charge in [0.25, 0.3) is 0 Å². The van der Waals surface area contributed by atoms with Gasteiger partial charge in [0.1, 0.15) is 5.58 Å². The first kappa shape index (κ1) is 12.3. The fourth-order valence-electron chi connectivity index (χ4n) is 2.15. The molecule has 0 saturated carbocycles. The lowest BCUT2D eigenvalue weighted by Crippen LogP contribution is -2.04. The Morgan fingerprint density at radius 2 is 2.25 bits per heavy atom. The number of carboxylic acid groups (broad SMARTS) is 1. The molecule has 2 heterocycles. The van der Waals surface area contributed by atoms with Gasteiger partial charge in [-0.2, -0.15) is 5.10 Å². The Morgan fingerprint density at radius 1 is 1.45 bits per heavy atom. The lowest BCUT2D eigenvalue weighted by molar-refractivity contribution is 0.0663. The summed E-state index contributed by atoms with van der Waals surface area (Å²) >= 11 is 0. The van der Waals surface area contributed by atoms with Crippen LogP contribution in [0.25, 0.3) is 11.0 Å². The molecule has 6 nitrogen and oxygen atoms in total. The van der Waals surface area contributed by atoms with Crippen LogP contribution in [0.15, 0.2) is 41.1 Å². The molecule has 2 N–H and O–H groups in total. The Balaban J connectivity index is 1.96. The number of hydrogen-bond donors (Lipinski definition) is 2. The summed E-state index contributed by atoms with van der Waals surface area (Å²) in [5.41, 5.74) is 2.04. The van der Waals surface area contributed by atoms with Crippen molar-refractivity contribution in [1.82, 2.24) is 9.78 Å². The number of aromatic carboxylic acids is 1. The minimum absolute atomic E-state index is 0.0254. The average molecular weight is 271 g/mol. The van der Waals surface area contributed by atoms with Crippen LogP contribution >= 0.6 is 0 Å². The van der Waals surface area contributed by atoms with E-state index in [2.05, 4.69) is 10.4 Å². The van der Waals surface area contributed by atoms with Gasteiger partial charge in [0.2, 0.25) is 5.76 Å². The van der Waals surface area contributed by atoms with E-state index in [4.69, 9.17) is 4.42 Å². The van der Waals surface area contributed by atoms with Crippen LogP contribution in [0, 0.1) is 0 Å². The van der Waals surface area contributed by atoms with Gasteiger partial charge in [-0.3, -0.25) is 4.68 Å². The zero-order valence-electron chi connectivity index (χ0n) is 10.8. The molecule has 0 aliphatic carbocycles. The van der Waals surface area contributed by atoms with Crippen molar-refractivity contribution < 1.29 is 14.3 Å². The molecule has 20 heavy (non-hydrogen) atoms. The van der Waals surface area contributed by atoms with E-state index in [0.717, 1.165) is 11.1 Å². The molecular weight excluding hydrogens is 258 g/mol. The third kappa shape index (κ3) is 2.11. The minimum Gasteiger partial charge on any atom is -0.475 e. The Labute approximate surface area is 114 Å². The van der Waals surface area contributed by atoms with Gasteiger partial charge >= 0.3 is 5.97 Å². The Bertz CT molecular complexity index is 773. The highest BCUT2D eigenvalue weighted by Crippen LogP contribution is 2.26. The predicted octanol–water partition coefficient (Wildman–Crippen LogP) is 2.48. The van der Waals surface area contributed by atoms with Gasteiger partial charge in [0.15, 0.2) is 0 Å². The maximum absolute atomic E-state index is 11.3. The van der Waals surface area contributed by atoms with Crippen LogP contribution in [0.4, 0.5) is 5.69 Å². The van der Waals surface area contributed by atoms with Crippen LogP contribution < -0.4 is 5.32 Å². The molecule has 3 rings (SSSR count). The van der Waals surface area contributed by atoms with Gasteiger partial charge in [-0.25, -0.2) is 4.79 Å². The molecule has 0 fully saturated rings. The standard InChI is InChI=1S/C14H13N3O3/c1-17-8-9(6-16-17)15-7-11-10-4-2-3-5-12(10)20-13(11)14(18)19/h2-6,8,15H,7H2,1H3,(H,18,19). The molecule has 0 radical (unpaired) electrons. The predicted molar refractivity (Wildman–Crippen MR) is 73.7 cm³/mol. The molecule has 0 saturated heterocycles. The molecule has 0 unspecified atom stereocenters. The van der Waals surface area contributed by atoms with E-state index in [0.29, 0.717) is 17.7 Å². The number of aryl methyl sites for hydroxylation is 1. The van der Waals surface area contributed by atoms with Gasteiger partial charge < -0.3 is 14.8 Å². The number of rotatable bonds is 4. The maximum Gasteiger partial charge on any atom is 0.372 e. The Morgan fingerprint density at radius 3 is 2.95 bits per heavy atom. The number of anilines is 1. The molecule has 0 aliphatic rings. The van der Waals surface area contributed by atoms with Gasteiger partial charge in [-0.1, -0.05) is 18.2 Å². The minimum atomic E-state index is -1.07. The SMILES string of the molecule is Cn1cc(NCc2c(C(=O)O)oc3ccccc23)cn1. The highest BCUT2D eigenvalue weighted by atomic mass is 16.4. The van der Waals surface area contributed by atoms with Crippen molar-refractivity contribution in [3.8, 4) is 0 Å². The van der Waals surface area contributed by atoms with Crippen LogP contribution in [0.3, 0.4) is 0 Å². The van der Waals surface area contributed by atoms with E-state index in [1.165, 1.54) is 0 Å². The molecule has 3 aromatic rings. The van der Waals surface area contributed by atoms with E-state index in [9.17, 15) is 9.90 Å². The lowest BCUT2D eigenvalue weighted by Gasteiger charge is -2.02. The molecule has 0 aliphatic heterocycles. The summed E-state index contributed by atoms with van der Waals surface area (Å²) in [5.74, 6) is -1.09. The van der Waals surface area contributed by atoms with Crippen molar-refractivity contribution in [1.29, 1.82) is 0 Å². The van der Waals surface area contributed by atoms with E-state index in [-0.39, 0.29) is 5.76 Å². The van der Waals surface area contributed by atoms with Gasteiger partial charge in [0, 0.05) is 30.7 Å². The number of benzene rings is 1. The number of furan rings is 1. The maximum atomic E-state index is 11.3. The molecular formula is C14H13N3O3. The molecule has 0 spiro atoms. The zero-order chi connectivity index (χ0) is 14.1. The molecule has 0 bridgehead atoms. The fraction of sp³-hybridized carbons (Fsp3) is 0.143. The van der Waals surface area contributed by atoms with Crippen LogP contribution in [-0.2, 0) is 13.6 Å². The van der Waals surface area contributed by atoms with Crippen molar-refractivity contribution in [3.05, 3.63) is 48.0 Å². The summed E-state index contributed by atoms with van der Waals surface area (Å²) in [7, 11) is 1.82. The van der Waals surface area contributed by atoms with E-state index >= 15 is 0 Å². The van der Waals surface area contributed by atoms with Gasteiger partial charge in [0.05, 0.1) is 11.9 Å². The van der Waals surface area contributed by atoms with Crippen molar-refractivity contribution in [2.75, 3.05) is 5.32 Å². The highest BCUT2D eigenvalue weighted by molar-refractivity contribution is 5.95. The van der Waals surface area contributed by atoms with Crippen LogP contribution in [-0.4, -0.2) is 20.9 Å². The second-order valence-corrected chi connectivity index (χ2v) is 4.47. The molecule has 1 aromatic carbocycles. The summed E-state index contributed by atoms with van der Waals surface area (Å²) < 4.78 is 7.07. The molecule has 2 aromatic heterocycles. The van der Waals surface area contributed by atoms with Crippen molar-refractivity contribution in [2.45, 2.75) is 6.54 Å². The van der Waals surface area contributed by atoms with E-state index < -0.39 is 5.97 Å². The zero-order valence-corrected chi connectivity index (χ0v) is 10.8. The number of nitrogens with zero attached hydrogens (tertiary/aromatic N) is 2. The van der Waals surface area contributed by atoms with E-state index in [1.807, 2.05) is 31.4 Å². The van der Waals surface area contributed by atoms with Crippen molar-refractivity contribution in [3.63, 3.8) is 0 Å². The number of fused-ring (bicyclic) bond motifs is 1. The topological polar surface area (TPSA) is 80.3 Å². The summed E-state index contributed by atoms with van der Waals surface area (Å²) in [6, 6.07) is 7.29. The first-order valence-electron chi connectivity index (χ1n) is 6.11. The van der Waals surface area contributed by atoms with Gasteiger partial charge in [-0.15, -0.1) is 0 Å². The number of para-hydroxylation sites is 1. The Hall–Kier alpha value is -2.76. The highest BCUT2D eigenvalue weighted by Gasteiger charge is 2.19. The van der Waals surface area contributed by atoms with Crippen LogP contribution in [0.2, 0.25) is 0 Å². The first-order valence-corrected chi connectivity index (χ1v) is 6.11. The largest absolute Gasteiger partial charge is 0.475 e. The summed E-state index contributed by atoms with van der Waals surface area (Å²) in [4.78, 5) is 11.3. The second-order valence-electron chi connectivity index (χ2n) is 4.47. The smallest absolute Gasteiger partial charge is 0.372 e. The van der Waals surface area contributed by atoms with Crippen LogP contribution in [0.5, 0.6) is 0 Å². The van der Waals surface area contributed by atoms with Crippen molar-refractivity contribution in [2.24, 2.45) is 7.05 Å². The number of nitrogens with one attached hydrogen (secondary N) is 1. The third-order valence-electron chi connectivity index (χ3n) is 3.07. The van der Waals surface area contributed by atoms with Crippen molar-refractivity contribution >= 4 is 22.6 Å². The molecule has 0 atom stereocenters. The average Bonchev–Trinajstić information content (AvgIpc) is 3.00. The first-order chi connectivity index (χ1) is 9.65. The normalized spacial score (nSPS) is 10.8. The number of hydrogen-bond acceptors (Lipinski definition) is 4. The monoisotopic (exact) mass is 271 g/mol. The number of carboxylic acids is 1. The number of carbonyl (C=O) groups is 1. The summed E-state index contributed by atoms with van der Waals surface area (Å²) in [5, 5.41) is 17.2. The Kier molecular flexibility index (Phi) is 2.90. The number of aromatic nitrogens is 2. The third-order valence-corrected chi connectivity index (χ3v) is 3.07. The van der Waals surface area contributed by atoms with Gasteiger partial charge in [-0.05, 0) is 6.07 Å². The van der Waals surface area contributed by atoms with Crippen LogP contribution in [0.1, 0.15) is 16.1 Å². The summed E-state index contributed by atoms with van der Waals surface area (Å²) in [6.45, 7) is 0.365. The summed E-state index contributed by atoms with van der Waals surface area (Å²) in [6.07, 6.45) is 3.51. The lowest BCUT2D eigenvalue weighted by atomic mass is 10.1. The molecule has 0 amide bonds. The molecule has 102 valence electrons.